The van der Waals surface area contributed by atoms with Crippen molar-refractivity contribution in [1.82, 2.24) is 15.0 Å². The summed E-state index contributed by atoms with van der Waals surface area (Å²) in [6, 6.07) is 7.78. The van der Waals surface area contributed by atoms with Crippen molar-refractivity contribution < 1.29 is 9.53 Å². The first-order chi connectivity index (χ1) is 13.0. The normalized spacial score (nSPS) is 16.1. The van der Waals surface area contributed by atoms with E-state index in [0.717, 1.165) is 16.5 Å². The first-order valence-electron chi connectivity index (χ1n) is 8.61. The Bertz CT molecular complexity index is 1140. The molecule has 1 aliphatic heterocycles. The summed E-state index contributed by atoms with van der Waals surface area (Å²) in [5.74, 6) is -0.450. The molecule has 1 aromatic carbocycles. The second-order valence-corrected chi connectivity index (χ2v) is 6.32. The standard InChI is InChI=1S/C19H19N5O3/c1-3-27-18(25)13-9(2)22-17-15(16(20)23-19(26)24-17)14(13)11-8-21-12-7-5-4-6-10(11)12/h4-8,14,21H,3H2,1-2H3,(H4,20,22,23,24,26). The van der Waals surface area contributed by atoms with Gasteiger partial charge in [0.05, 0.1) is 18.1 Å². The van der Waals surface area contributed by atoms with Crippen molar-refractivity contribution in [3.05, 3.63) is 63.3 Å². The highest BCUT2D eigenvalue weighted by Gasteiger charge is 2.37. The number of fused-ring (bicyclic) bond motifs is 2. The van der Waals surface area contributed by atoms with Crippen molar-refractivity contribution in [2.24, 2.45) is 0 Å². The zero-order chi connectivity index (χ0) is 19.1. The van der Waals surface area contributed by atoms with Crippen LogP contribution in [-0.4, -0.2) is 27.5 Å². The Hall–Kier alpha value is -3.55. The highest BCUT2D eigenvalue weighted by Crippen LogP contribution is 2.45. The Morgan fingerprint density at radius 1 is 1.33 bits per heavy atom. The largest absolute Gasteiger partial charge is 0.463 e. The number of esters is 1. The quantitative estimate of drug-likeness (QED) is 0.527. The molecule has 27 heavy (non-hydrogen) atoms. The van der Waals surface area contributed by atoms with E-state index in [2.05, 4.69) is 20.3 Å². The van der Waals surface area contributed by atoms with Gasteiger partial charge in [-0.15, -0.1) is 0 Å². The molecule has 5 N–H and O–H groups in total. The number of anilines is 2. The van der Waals surface area contributed by atoms with Gasteiger partial charge < -0.3 is 20.8 Å². The number of para-hydroxylation sites is 1. The highest BCUT2D eigenvalue weighted by atomic mass is 16.5. The minimum atomic E-state index is -0.552. The third-order valence-electron chi connectivity index (χ3n) is 4.72. The molecule has 1 aliphatic rings. The molecule has 8 heteroatoms. The molecule has 0 spiro atoms. The van der Waals surface area contributed by atoms with E-state index in [1.807, 2.05) is 30.5 Å². The van der Waals surface area contributed by atoms with Crippen molar-refractivity contribution in [1.29, 1.82) is 0 Å². The molecule has 2 aromatic heterocycles. The molecule has 0 radical (unpaired) electrons. The molecular weight excluding hydrogens is 346 g/mol. The molecule has 0 aliphatic carbocycles. The van der Waals surface area contributed by atoms with Gasteiger partial charge in [0.2, 0.25) is 0 Å². The van der Waals surface area contributed by atoms with Crippen molar-refractivity contribution in [3.8, 4) is 0 Å². The molecular formula is C19H19N5O3. The topological polar surface area (TPSA) is 126 Å². The van der Waals surface area contributed by atoms with Crippen LogP contribution in [0, 0.1) is 0 Å². The smallest absolute Gasteiger partial charge is 0.348 e. The molecule has 1 atom stereocenters. The summed E-state index contributed by atoms with van der Waals surface area (Å²) in [4.78, 5) is 34.3. The van der Waals surface area contributed by atoms with Crippen LogP contribution in [0.25, 0.3) is 10.9 Å². The number of nitrogen functional groups attached to an aromatic ring is 1. The van der Waals surface area contributed by atoms with Crippen LogP contribution in [0.4, 0.5) is 11.6 Å². The van der Waals surface area contributed by atoms with Crippen LogP contribution in [0.3, 0.4) is 0 Å². The summed E-state index contributed by atoms with van der Waals surface area (Å²) < 4.78 is 5.29. The van der Waals surface area contributed by atoms with Crippen LogP contribution in [-0.2, 0) is 9.53 Å². The average Bonchev–Trinajstić information content (AvgIpc) is 3.04. The van der Waals surface area contributed by atoms with Gasteiger partial charge in [-0.1, -0.05) is 18.2 Å². The Balaban J connectivity index is 2.02. The molecule has 1 unspecified atom stereocenters. The zero-order valence-corrected chi connectivity index (χ0v) is 14.9. The zero-order valence-electron chi connectivity index (χ0n) is 14.9. The number of ether oxygens (including phenoxy) is 1. The number of nitrogens with one attached hydrogen (secondary N) is 3. The summed E-state index contributed by atoms with van der Waals surface area (Å²) in [6.07, 6.45) is 1.85. The Labute approximate surface area is 154 Å². The monoisotopic (exact) mass is 365 g/mol. The summed E-state index contributed by atoms with van der Waals surface area (Å²) in [5.41, 5.74) is 8.95. The Kier molecular flexibility index (Phi) is 3.95. The van der Waals surface area contributed by atoms with E-state index in [4.69, 9.17) is 10.5 Å². The fourth-order valence-corrected chi connectivity index (χ4v) is 3.62. The van der Waals surface area contributed by atoms with Crippen LogP contribution in [0.1, 0.15) is 30.9 Å². The van der Waals surface area contributed by atoms with E-state index in [1.54, 1.807) is 13.8 Å². The summed E-state index contributed by atoms with van der Waals surface area (Å²) >= 11 is 0. The number of nitrogens with zero attached hydrogens (tertiary/aromatic N) is 1. The number of H-pyrrole nitrogens is 2. The van der Waals surface area contributed by atoms with Crippen LogP contribution in [0.5, 0.6) is 0 Å². The fraction of sp³-hybridized carbons (Fsp3) is 0.211. The van der Waals surface area contributed by atoms with E-state index in [9.17, 15) is 9.59 Å². The Morgan fingerprint density at radius 2 is 2.11 bits per heavy atom. The van der Waals surface area contributed by atoms with Crippen LogP contribution >= 0.6 is 0 Å². The lowest BCUT2D eigenvalue weighted by Crippen LogP contribution is -2.29. The molecule has 8 nitrogen and oxygen atoms in total. The lowest BCUT2D eigenvalue weighted by Gasteiger charge is -2.29. The van der Waals surface area contributed by atoms with Crippen molar-refractivity contribution >= 4 is 28.5 Å². The maximum Gasteiger partial charge on any atom is 0.348 e. The molecule has 3 heterocycles. The van der Waals surface area contributed by atoms with Crippen molar-refractivity contribution in [2.75, 3.05) is 17.7 Å². The summed E-state index contributed by atoms with van der Waals surface area (Å²) in [6.45, 7) is 3.77. The van der Waals surface area contributed by atoms with E-state index in [1.165, 1.54) is 0 Å². The SMILES string of the molecule is CCOC(=O)C1=C(C)Nc2nc(=O)[nH]c(N)c2C1c1c[nH]c2ccccc12. The molecule has 4 rings (SSSR count). The molecule has 3 aromatic rings. The van der Waals surface area contributed by atoms with E-state index in [-0.39, 0.29) is 12.4 Å². The Morgan fingerprint density at radius 3 is 2.89 bits per heavy atom. The van der Waals surface area contributed by atoms with Crippen LogP contribution < -0.4 is 16.7 Å². The van der Waals surface area contributed by atoms with E-state index < -0.39 is 17.6 Å². The summed E-state index contributed by atoms with van der Waals surface area (Å²) in [5, 5.41) is 3.98. The first-order valence-corrected chi connectivity index (χ1v) is 8.61. The number of carbonyl (C=O) groups excluding carboxylic acids is 1. The van der Waals surface area contributed by atoms with Gasteiger partial charge in [0.15, 0.2) is 0 Å². The second-order valence-electron chi connectivity index (χ2n) is 6.32. The molecule has 0 saturated heterocycles. The third-order valence-corrected chi connectivity index (χ3v) is 4.72. The van der Waals surface area contributed by atoms with Gasteiger partial charge in [0.25, 0.3) is 0 Å². The number of hydrogen-bond acceptors (Lipinski definition) is 6. The predicted octanol–water partition coefficient (Wildman–Crippen LogP) is 2.23. The third kappa shape index (κ3) is 2.66. The number of allylic oxidation sites excluding steroid dienone is 1. The van der Waals surface area contributed by atoms with Gasteiger partial charge in [-0.3, -0.25) is 4.98 Å². The van der Waals surface area contributed by atoms with Crippen molar-refractivity contribution in [2.45, 2.75) is 19.8 Å². The minimum absolute atomic E-state index is 0.169. The van der Waals surface area contributed by atoms with Gasteiger partial charge in [0, 0.05) is 28.4 Å². The molecule has 0 fully saturated rings. The average molecular weight is 365 g/mol. The maximum absolute atomic E-state index is 12.8. The highest BCUT2D eigenvalue weighted by molar-refractivity contribution is 5.97. The van der Waals surface area contributed by atoms with Gasteiger partial charge in [-0.05, 0) is 25.5 Å². The van der Waals surface area contributed by atoms with E-state index in [0.29, 0.717) is 22.7 Å². The van der Waals surface area contributed by atoms with Crippen LogP contribution in [0.15, 0.2) is 46.5 Å². The maximum atomic E-state index is 12.8. The van der Waals surface area contributed by atoms with E-state index >= 15 is 0 Å². The minimum Gasteiger partial charge on any atom is -0.463 e. The fourth-order valence-electron chi connectivity index (χ4n) is 3.62. The lowest BCUT2D eigenvalue weighted by atomic mass is 9.82. The lowest BCUT2D eigenvalue weighted by molar-refractivity contribution is -0.138. The summed E-state index contributed by atoms with van der Waals surface area (Å²) in [7, 11) is 0. The molecule has 0 saturated carbocycles. The first kappa shape index (κ1) is 16.9. The number of benzene rings is 1. The second kappa shape index (κ2) is 6.31. The number of nitrogens with two attached hydrogens (primary N) is 1. The molecule has 0 bridgehead atoms. The van der Waals surface area contributed by atoms with Gasteiger partial charge in [-0.2, -0.15) is 4.98 Å². The van der Waals surface area contributed by atoms with Crippen molar-refractivity contribution in [3.63, 3.8) is 0 Å². The van der Waals surface area contributed by atoms with Crippen LogP contribution in [0.2, 0.25) is 0 Å². The van der Waals surface area contributed by atoms with Gasteiger partial charge >= 0.3 is 11.7 Å². The predicted molar refractivity (Wildman–Crippen MR) is 102 cm³/mol. The number of hydrogen-bond donors (Lipinski definition) is 4. The molecule has 0 amide bonds. The number of aromatic amines is 2. The van der Waals surface area contributed by atoms with Gasteiger partial charge in [0.1, 0.15) is 11.6 Å². The molecule has 138 valence electrons. The van der Waals surface area contributed by atoms with Gasteiger partial charge in [-0.25, -0.2) is 9.59 Å². The number of aromatic nitrogens is 3. The number of carbonyl (C=O) groups is 1. The number of rotatable bonds is 3.